The van der Waals surface area contributed by atoms with Crippen LogP contribution in [0.15, 0.2) is 22.4 Å². The van der Waals surface area contributed by atoms with Crippen molar-refractivity contribution in [3.05, 3.63) is 35.1 Å². The summed E-state index contributed by atoms with van der Waals surface area (Å²) in [6.07, 6.45) is 8.72. The summed E-state index contributed by atoms with van der Waals surface area (Å²) < 4.78 is 17.0. The Balaban J connectivity index is 1.41. The zero-order valence-electron chi connectivity index (χ0n) is 18.8. The van der Waals surface area contributed by atoms with Crippen LogP contribution in [0, 0.1) is 6.92 Å². The highest BCUT2D eigenvalue weighted by Gasteiger charge is 2.23. The number of hydrogen-bond acceptors (Lipinski definition) is 10. The highest BCUT2D eigenvalue weighted by molar-refractivity contribution is 5.64. The normalized spacial score (nSPS) is 17.7. The topological polar surface area (TPSA) is 138 Å². The summed E-state index contributed by atoms with van der Waals surface area (Å²) in [5.74, 6) is 7.64. The van der Waals surface area contributed by atoms with Crippen LogP contribution in [0.25, 0.3) is 5.70 Å². The Morgan fingerprint density at radius 1 is 1.16 bits per heavy atom. The third kappa shape index (κ3) is 5.89. The van der Waals surface area contributed by atoms with Gasteiger partial charge >= 0.3 is 0 Å². The quantitative estimate of drug-likeness (QED) is 0.371. The number of anilines is 1. The number of aromatic nitrogens is 3. The Labute approximate surface area is 188 Å². The van der Waals surface area contributed by atoms with Crippen LogP contribution in [-0.2, 0) is 11.3 Å². The van der Waals surface area contributed by atoms with Gasteiger partial charge in [-0.1, -0.05) is 6.42 Å². The number of aryl methyl sites for hydroxylation is 1. The number of ether oxygens (including phenoxy) is 2. The summed E-state index contributed by atoms with van der Waals surface area (Å²) in [5, 5.41) is 8.49. The largest absolute Gasteiger partial charge is 0.489 e. The van der Waals surface area contributed by atoms with E-state index in [4.69, 9.17) is 25.6 Å². The van der Waals surface area contributed by atoms with Gasteiger partial charge in [0.15, 0.2) is 0 Å². The van der Waals surface area contributed by atoms with E-state index in [0.717, 1.165) is 37.1 Å². The minimum absolute atomic E-state index is 0.271. The van der Waals surface area contributed by atoms with Gasteiger partial charge in [0, 0.05) is 7.05 Å². The van der Waals surface area contributed by atoms with Crippen molar-refractivity contribution in [2.45, 2.75) is 70.7 Å². The van der Waals surface area contributed by atoms with Crippen LogP contribution in [0.1, 0.15) is 62.2 Å². The third-order valence-electron chi connectivity index (χ3n) is 5.74. The molecule has 0 bridgehead atoms. The van der Waals surface area contributed by atoms with Gasteiger partial charge in [-0.05, 0) is 62.7 Å². The molecule has 2 aliphatic rings. The molecule has 5 N–H and O–H groups in total. The summed E-state index contributed by atoms with van der Waals surface area (Å²) >= 11 is 0. The minimum Gasteiger partial charge on any atom is -0.489 e. The predicted molar refractivity (Wildman–Crippen MR) is 120 cm³/mol. The zero-order chi connectivity index (χ0) is 22.5. The summed E-state index contributed by atoms with van der Waals surface area (Å²) in [6.45, 7) is 2.56. The molecule has 0 unspecified atom stereocenters. The van der Waals surface area contributed by atoms with Crippen molar-refractivity contribution in [2.75, 3.05) is 18.9 Å². The Morgan fingerprint density at radius 3 is 2.62 bits per heavy atom. The highest BCUT2D eigenvalue weighted by Crippen LogP contribution is 2.27. The molecule has 10 nitrogen and oxygen atoms in total. The first-order chi connectivity index (χ1) is 15.5. The van der Waals surface area contributed by atoms with Crippen LogP contribution >= 0.6 is 0 Å². The smallest absolute Gasteiger partial charge is 0.263 e. The molecule has 0 aromatic carbocycles. The van der Waals surface area contributed by atoms with Crippen molar-refractivity contribution in [2.24, 2.45) is 11.6 Å². The van der Waals surface area contributed by atoms with Crippen molar-refractivity contribution in [1.82, 2.24) is 20.1 Å². The lowest BCUT2D eigenvalue weighted by Crippen LogP contribution is -2.32. The lowest BCUT2D eigenvalue weighted by atomic mass is 9.98. The molecule has 0 spiro atoms. The molecule has 32 heavy (non-hydrogen) atoms. The number of rotatable bonds is 10. The second-order valence-corrected chi connectivity index (χ2v) is 8.50. The Kier molecular flexibility index (Phi) is 7.11. The average Bonchev–Trinajstić information content (AvgIpc) is 3.51. The monoisotopic (exact) mass is 443 g/mol. The molecule has 2 aromatic heterocycles. The first-order valence-corrected chi connectivity index (χ1v) is 11.3. The van der Waals surface area contributed by atoms with Crippen molar-refractivity contribution >= 4 is 11.6 Å². The lowest BCUT2D eigenvalue weighted by Gasteiger charge is -2.24. The van der Waals surface area contributed by atoms with Crippen molar-refractivity contribution in [3.63, 3.8) is 0 Å². The number of pyridine rings is 1. The van der Waals surface area contributed by atoms with Crippen LogP contribution in [-0.4, -0.2) is 45.9 Å². The van der Waals surface area contributed by atoms with Gasteiger partial charge in [-0.25, -0.2) is 10.8 Å². The van der Waals surface area contributed by atoms with E-state index in [0.29, 0.717) is 48.2 Å². The van der Waals surface area contributed by atoms with Crippen LogP contribution in [0.4, 0.5) is 5.95 Å². The van der Waals surface area contributed by atoms with E-state index in [-0.39, 0.29) is 6.10 Å². The van der Waals surface area contributed by atoms with Gasteiger partial charge in [-0.2, -0.15) is 4.98 Å². The van der Waals surface area contributed by atoms with Gasteiger partial charge in [0.1, 0.15) is 12.4 Å². The number of likely N-dealkylation sites (N-methyl/N-ethyl adjacent to an activating group) is 1. The van der Waals surface area contributed by atoms with E-state index in [1.165, 1.54) is 24.3 Å². The first kappa shape index (κ1) is 22.3. The van der Waals surface area contributed by atoms with E-state index < -0.39 is 0 Å². The molecule has 10 heteroatoms. The molecule has 2 aromatic rings. The fourth-order valence-electron chi connectivity index (χ4n) is 3.72. The maximum atomic E-state index is 6.43. The molecule has 2 aliphatic carbocycles. The first-order valence-electron chi connectivity index (χ1n) is 11.3. The molecule has 2 fully saturated rings. The van der Waals surface area contributed by atoms with Crippen LogP contribution in [0.3, 0.4) is 0 Å². The van der Waals surface area contributed by atoms with Gasteiger partial charge in [0.2, 0.25) is 0 Å². The van der Waals surface area contributed by atoms with Gasteiger partial charge in [0.25, 0.3) is 11.8 Å². The molecule has 0 radical (unpaired) electrons. The lowest BCUT2D eigenvalue weighted by molar-refractivity contribution is 0.0841. The predicted octanol–water partition coefficient (Wildman–Crippen LogP) is 2.71. The number of nitrogens with two attached hydrogens (primary N) is 2. The molecular weight excluding hydrogens is 410 g/mol. The second kappa shape index (κ2) is 10.2. The standard InChI is InChI=1S/C22H33N7O3/c1-14-19(31-16-6-4-3-5-7-16)11-10-17(26-14)21(23)18(29(2)24)12-25-22-27-20(32-28-22)13-30-15-8-9-15/h10-11,15-16H,3-9,12-13,23-24H2,1-2H3,(H,25,28)/b21-18-. The molecule has 174 valence electrons. The number of nitrogens with one attached hydrogen (secondary N) is 1. The number of nitrogens with zero attached hydrogens (tertiary/aromatic N) is 4. The summed E-state index contributed by atoms with van der Waals surface area (Å²) in [6, 6.07) is 3.80. The van der Waals surface area contributed by atoms with E-state index in [1.54, 1.807) is 7.05 Å². The van der Waals surface area contributed by atoms with Crippen LogP contribution in [0.5, 0.6) is 5.75 Å². The number of hydrogen-bond donors (Lipinski definition) is 3. The maximum absolute atomic E-state index is 6.43. The van der Waals surface area contributed by atoms with Crippen LogP contribution in [0.2, 0.25) is 0 Å². The van der Waals surface area contributed by atoms with Gasteiger partial charge in [-0.15, -0.1) is 0 Å². The third-order valence-corrected chi connectivity index (χ3v) is 5.74. The second-order valence-electron chi connectivity index (χ2n) is 8.50. The molecule has 0 saturated heterocycles. The summed E-state index contributed by atoms with van der Waals surface area (Å²) in [7, 11) is 1.72. The van der Waals surface area contributed by atoms with Gasteiger partial charge in [0.05, 0.1) is 41.5 Å². The molecule has 4 rings (SSSR count). The molecule has 0 amide bonds. The fourth-order valence-corrected chi connectivity index (χ4v) is 3.72. The molecular formula is C22H33N7O3. The van der Waals surface area contributed by atoms with Gasteiger partial charge < -0.3 is 30.1 Å². The van der Waals surface area contributed by atoms with E-state index >= 15 is 0 Å². The average molecular weight is 444 g/mol. The fraction of sp³-hybridized carbons (Fsp3) is 0.591. The SMILES string of the molecule is Cc1nc(/C(N)=C(\CNc2noc(COC3CC3)n2)N(C)N)ccc1OC1CCCCC1. The highest BCUT2D eigenvalue weighted by atomic mass is 16.5. The maximum Gasteiger partial charge on any atom is 0.263 e. The number of hydrazine groups is 1. The minimum atomic E-state index is 0.271. The van der Waals surface area contributed by atoms with Crippen molar-refractivity contribution in [3.8, 4) is 5.75 Å². The van der Waals surface area contributed by atoms with Crippen molar-refractivity contribution in [1.29, 1.82) is 0 Å². The Bertz CT molecular complexity index is 933. The Morgan fingerprint density at radius 2 is 1.94 bits per heavy atom. The van der Waals surface area contributed by atoms with Gasteiger partial charge in [-0.3, -0.25) is 0 Å². The van der Waals surface area contributed by atoms with Crippen molar-refractivity contribution < 1.29 is 14.0 Å². The van der Waals surface area contributed by atoms with Crippen LogP contribution < -0.4 is 21.6 Å². The zero-order valence-corrected chi connectivity index (χ0v) is 18.8. The van der Waals surface area contributed by atoms with E-state index in [1.807, 2.05) is 19.1 Å². The van der Waals surface area contributed by atoms with E-state index in [9.17, 15) is 0 Å². The molecule has 2 heterocycles. The summed E-state index contributed by atoms with van der Waals surface area (Å²) in [4.78, 5) is 8.95. The summed E-state index contributed by atoms with van der Waals surface area (Å²) in [5.41, 5.74) is 9.00. The molecule has 0 atom stereocenters. The molecule has 2 saturated carbocycles. The Hall–Kier alpha value is -2.85. The van der Waals surface area contributed by atoms with E-state index in [2.05, 4.69) is 20.4 Å². The molecule has 0 aliphatic heterocycles.